The Morgan fingerprint density at radius 1 is 1.29 bits per heavy atom. The summed E-state index contributed by atoms with van der Waals surface area (Å²) in [6, 6.07) is 0. The number of nitrogens with two attached hydrogens (primary N) is 1. The predicted molar refractivity (Wildman–Crippen MR) is 86.7 cm³/mol. The van der Waals surface area contributed by atoms with Gasteiger partial charge in [0, 0.05) is 12.7 Å². The highest BCUT2D eigenvalue weighted by Gasteiger charge is 2.19. The quantitative estimate of drug-likeness (QED) is 0.641. The molecule has 3 aromatic rings. The Kier molecular flexibility index (Phi) is 3.27. The Bertz CT molecular complexity index is 813. The first-order valence-electron chi connectivity index (χ1n) is 7.51. The molecule has 0 aliphatic heterocycles. The lowest BCUT2D eigenvalue weighted by atomic mass is 10.2. The van der Waals surface area contributed by atoms with Crippen LogP contribution >= 0.6 is 0 Å². The van der Waals surface area contributed by atoms with E-state index >= 15 is 0 Å². The molecule has 0 saturated heterocycles. The van der Waals surface area contributed by atoms with Crippen molar-refractivity contribution in [1.82, 2.24) is 14.8 Å². The third kappa shape index (κ3) is 1.95. The van der Waals surface area contributed by atoms with Crippen LogP contribution in [0, 0.1) is 13.8 Å². The highest BCUT2D eigenvalue weighted by atomic mass is 16.3. The summed E-state index contributed by atoms with van der Waals surface area (Å²) < 4.78 is 2.04. The zero-order valence-electron chi connectivity index (χ0n) is 12.8. The van der Waals surface area contributed by atoms with Gasteiger partial charge in [-0.05, 0) is 31.4 Å². The van der Waals surface area contributed by atoms with Gasteiger partial charge >= 0.3 is 0 Å². The molecule has 4 N–H and O–H groups in total. The van der Waals surface area contributed by atoms with E-state index in [1.54, 1.807) is 0 Å². The molecule has 0 saturated carbocycles. The minimum Gasteiger partial charge on any atom is -0.507 e. The zero-order valence-corrected chi connectivity index (χ0v) is 12.8. The van der Waals surface area contributed by atoms with Crippen LogP contribution in [0.5, 0.6) is 5.75 Å². The molecule has 21 heavy (non-hydrogen) atoms. The lowest BCUT2D eigenvalue weighted by Gasteiger charge is -2.05. The van der Waals surface area contributed by atoms with Crippen molar-refractivity contribution in [1.29, 1.82) is 0 Å². The van der Waals surface area contributed by atoms with Crippen molar-refractivity contribution in [3.63, 3.8) is 0 Å². The van der Waals surface area contributed by atoms with Gasteiger partial charge in [0.1, 0.15) is 5.75 Å². The standard InChI is InChI=1S/C16H22N4O/c1-4-5-6-7-20-16-11(8-18-20)13(17)12-14(19-16)9(2)10(3)15(12)21/h8,18,21H,4-7,17H2,1-3H3. The number of aromatic hydroxyl groups is 1. The Morgan fingerprint density at radius 2 is 2.05 bits per heavy atom. The molecule has 1 aromatic carbocycles. The number of pyridine rings is 1. The number of hydrogen-bond acceptors (Lipinski definition) is 3. The van der Waals surface area contributed by atoms with Gasteiger partial charge in [0.15, 0.2) is 5.65 Å². The van der Waals surface area contributed by atoms with E-state index in [2.05, 4.69) is 12.0 Å². The van der Waals surface area contributed by atoms with Crippen molar-refractivity contribution in [2.75, 3.05) is 5.73 Å². The third-order valence-corrected chi connectivity index (χ3v) is 4.37. The van der Waals surface area contributed by atoms with E-state index in [0.29, 0.717) is 11.1 Å². The molecule has 5 nitrogen and oxygen atoms in total. The van der Waals surface area contributed by atoms with Crippen molar-refractivity contribution < 1.29 is 5.11 Å². The number of nitrogens with one attached hydrogen (secondary N) is 1. The number of rotatable bonds is 4. The van der Waals surface area contributed by atoms with E-state index in [9.17, 15) is 5.11 Å². The first-order chi connectivity index (χ1) is 10.1. The van der Waals surface area contributed by atoms with Crippen LogP contribution in [0.3, 0.4) is 0 Å². The van der Waals surface area contributed by atoms with Gasteiger partial charge in [0.05, 0.1) is 22.0 Å². The van der Waals surface area contributed by atoms with Gasteiger partial charge < -0.3 is 15.9 Å². The summed E-state index contributed by atoms with van der Waals surface area (Å²) in [7, 11) is 0. The summed E-state index contributed by atoms with van der Waals surface area (Å²) in [6.07, 6.45) is 5.37. The number of nitrogens with zero attached hydrogens (tertiary/aromatic N) is 2. The summed E-state index contributed by atoms with van der Waals surface area (Å²) in [5, 5.41) is 15.0. The average molecular weight is 286 g/mol. The largest absolute Gasteiger partial charge is 0.507 e. The molecule has 3 rings (SSSR count). The molecule has 0 aliphatic carbocycles. The van der Waals surface area contributed by atoms with Crippen molar-refractivity contribution in [3.8, 4) is 5.75 Å². The first kappa shape index (κ1) is 13.8. The van der Waals surface area contributed by atoms with Gasteiger partial charge in [-0.2, -0.15) is 0 Å². The summed E-state index contributed by atoms with van der Waals surface area (Å²) in [5.41, 5.74) is 10.4. The van der Waals surface area contributed by atoms with E-state index in [1.807, 2.05) is 24.7 Å². The zero-order chi connectivity index (χ0) is 15.1. The number of aryl methyl sites for hydroxylation is 2. The Labute approximate surface area is 123 Å². The van der Waals surface area contributed by atoms with E-state index in [0.717, 1.165) is 40.6 Å². The summed E-state index contributed by atoms with van der Waals surface area (Å²) in [5.74, 6) is 0.258. The van der Waals surface area contributed by atoms with Gasteiger partial charge in [-0.1, -0.05) is 19.8 Å². The van der Waals surface area contributed by atoms with Crippen molar-refractivity contribution >= 4 is 27.6 Å². The minimum absolute atomic E-state index is 0.258. The molecule has 0 aliphatic rings. The van der Waals surface area contributed by atoms with E-state index in [-0.39, 0.29) is 5.75 Å². The number of aromatic amines is 1. The Morgan fingerprint density at radius 3 is 2.76 bits per heavy atom. The number of nitrogen functional groups attached to an aromatic ring is 1. The van der Waals surface area contributed by atoms with Gasteiger partial charge in [-0.15, -0.1) is 0 Å². The lowest BCUT2D eigenvalue weighted by molar-refractivity contribution is 0.479. The molecule has 0 spiro atoms. The van der Waals surface area contributed by atoms with Crippen molar-refractivity contribution in [2.24, 2.45) is 0 Å². The normalized spacial score (nSPS) is 11.8. The summed E-state index contributed by atoms with van der Waals surface area (Å²) in [6.45, 7) is 6.97. The smallest absolute Gasteiger partial charge is 0.158 e. The van der Waals surface area contributed by atoms with Gasteiger partial charge in [-0.25, -0.2) is 4.98 Å². The molecular formula is C16H22N4O. The molecule has 2 heterocycles. The number of aromatic nitrogens is 3. The minimum atomic E-state index is 0.258. The van der Waals surface area contributed by atoms with Crippen LogP contribution in [0.15, 0.2) is 6.20 Å². The molecule has 112 valence electrons. The van der Waals surface area contributed by atoms with Crippen molar-refractivity contribution in [2.45, 2.75) is 46.6 Å². The molecule has 0 amide bonds. The van der Waals surface area contributed by atoms with Crippen LogP contribution in [-0.4, -0.2) is 19.9 Å². The van der Waals surface area contributed by atoms with Crippen molar-refractivity contribution in [3.05, 3.63) is 17.3 Å². The van der Waals surface area contributed by atoms with Crippen LogP contribution < -0.4 is 5.73 Å². The lowest BCUT2D eigenvalue weighted by Crippen LogP contribution is -2.01. The maximum absolute atomic E-state index is 10.3. The number of H-pyrrole nitrogens is 1. The SMILES string of the molecule is CCCCCn1[nH]cc2c(N)c3c(O)c(C)c(C)c3nc21. The highest BCUT2D eigenvalue weighted by molar-refractivity contribution is 6.10. The number of anilines is 1. The fourth-order valence-corrected chi connectivity index (χ4v) is 2.90. The number of unbranched alkanes of at least 4 members (excludes halogenated alkanes) is 2. The second-order valence-corrected chi connectivity index (χ2v) is 5.72. The van der Waals surface area contributed by atoms with Crippen LogP contribution in [0.2, 0.25) is 0 Å². The fraction of sp³-hybridized carbons (Fsp3) is 0.438. The average Bonchev–Trinajstić information content (AvgIpc) is 2.97. The molecule has 0 fully saturated rings. The molecule has 2 aromatic heterocycles. The molecule has 0 unspecified atom stereocenters. The Hall–Kier alpha value is -2.17. The maximum atomic E-state index is 10.3. The van der Waals surface area contributed by atoms with Gasteiger partial charge in [-0.3, -0.25) is 4.68 Å². The van der Waals surface area contributed by atoms with Gasteiger partial charge in [0.25, 0.3) is 0 Å². The molecular weight excluding hydrogens is 264 g/mol. The van der Waals surface area contributed by atoms with E-state index in [4.69, 9.17) is 10.7 Å². The second-order valence-electron chi connectivity index (χ2n) is 5.72. The number of fused-ring (bicyclic) bond motifs is 2. The fourth-order valence-electron chi connectivity index (χ4n) is 2.90. The molecule has 0 radical (unpaired) electrons. The van der Waals surface area contributed by atoms with Gasteiger partial charge in [0.2, 0.25) is 0 Å². The summed E-state index contributed by atoms with van der Waals surface area (Å²) >= 11 is 0. The predicted octanol–water partition coefficient (Wildman–Crippen LogP) is 3.61. The molecule has 0 bridgehead atoms. The van der Waals surface area contributed by atoms with Crippen LogP contribution in [0.1, 0.15) is 37.3 Å². The van der Waals surface area contributed by atoms with Crippen LogP contribution in [-0.2, 0) is 6.54 Å². The topological polar surface area (TPSA) is 79.9 Å². The molecule has 5 heteroatoms. The van der Waals surface area contributed by atoms with Crippen LogP contribution in [0.25, 0.3) is 21.9 Å². The van der Waals surface area contributed by atoms with Crippen LogP contribution in [0.4, 0.5) is 5.69 Å². The highest BCUT2D eigenvalue weighted by Crippen LogP contribution is 2.40. The molecule has 0 atom stereocenters. The first-order valence-corrected chi connectivity index (χ1v) is 7.51. The Balaban J connectivity index is 2.22. The van der Waals surface area contributed by atoms with E-state index in [1.165, 1.54) is 12.8 Å². The maximum Gasteiger partial charge on any atom is 0.158 e. The second kappa shape index (κ2) is 4.98. The number of hydrogen-bond donors (Lipinski definition) is 3. The third-order valence-electron chi connectivity index (χ3n) is 4.37. The summed E-state index contributed by atoms with van der Waals surface area (Å²) in [4.78, 5) is 4.75. The monoisotopic (exact) mass is 286 g/mol. The van der Waals surface area contributed by atoms with E-state index < -0.39 is 0 Å².